The number of carboxylic acid groups (broad SMARTS) is 1. The van der Waals surface area contributed by atoms with Crippen molar-refractivity contribution in [3.8, 4) is 0 Å². The number of hydrogen-bond donors (Lipinski definition) is 2. The molecule has 2 aliphatic carbocycles. The van der Waals surface area contributed by atoms with Gasteiger partial charge in [-0.2, -0.15) is 5.10 Å². The summed E-state index contributed by atoms with van der Waals surface area (Å²) in [5.74, 6) is 0.372. The Morgan fingerprint density at radius 3 is 3.00 bits per heavy atom. The first-order valence-corrected chi connectivity index (χ1v) is 4.58. The smallest absolute Gasteiger partial charge is 0.356 e. The van der Waals surface area contributed by atoms with E-state index in [1.54, 1.807) is 0 Å². The maximum atomic E-state index is 10.8. The van der Waals surface area contributed by atoms with Crippen LogP contribution in [-0.4, -0.2) is 21.3 Å². The fourth-order valence-corrected chi connectivity index (χ4v) is 2.52. The summed E-state index contributed by atoms with van der Waals surface area (Å²) in [6.45, 7) is 0. The lowest BCUT2D eigenvalue weighted by Crippen LogP contribution is -2.20. The first kappa shape index (κ1) is 7.12. The molecule has 0 amide bonds. The molecule has 1 saturated carbocycles. The predicted octanol–water partition coefficient (Wildman–Crippen LogP) is 1.16. The molecule has 13 heavy (non-hydrogen) atoms. The van der Waals surface area contributed by atoms with E-state index < -0.39 is 5.97 Å². The van der Waals surface area contributed by atoms with Gasteiger partial charge in [-0.1, -0.05) is 0 Å². The third kappa shape index (κ3) is 0.753. The predicted molar refractivity (Wildman–Crippen MR) is 44.7 cm³/mol. The van der Waals surface area contributed by atoms with Gasteiger partial charge in [0, 0.05) is 17.2 Å². The SMILES string of the molecule is O=C(O)c1n[nH]c2c1C[C@H]1CC[C@@H]21. The molecule has 2 N–H and O–H groups in total. The van der Waals surface area contributed by atoms with Crippen LogP contribution in [0.15, 0.2) is 0 Å². The van der Waals surface area contributed by atoms with Crippen LogP contribution < -0.4 is 0 Å². The van der Waals surface area contributed by atoms with Crippen LogP contribution in [0, 0.1) is 5.92 Å². The zero-order valence-electron chi connectivity index (χ0n) is 7.08. The van der Waals surface area contributed by atoms with Crippen LogP contribution in [0.25, 0.3) is 0 Å². The molecular formula is C9H10N2O2. The molecule has 1 heterocycles. The molecule has 3 rings (SSSR count). The van der Waals surface area contributed by atoms with Crippen molar-refractivity contribution in [1.82, 2.24) is 10.2 Å². The first-order valence-electron chi connectivity index (χ1n) is 4.58. The van der Waals surface area contributed by atoms with Gasteiger partial charge in [0.15, 0.2) is 5.69 Å². The summed E-state index contributed by atoms with van der Waals surface area (Å²) in [4.78, 5) is 10.8. The summed E-state index contributed by atoms with van der Waals surface area (Å²) >= 11 is 0. The van der Waals surface area contributed by atoms with Crippen molar-refractivity contribution in [3.63, 3.8) is 0 Å². The maximum absolute atomic E-state index is 10.8. The van der Waals surface area contributed by atoms with Crippen molar-refractivity contribution in [2.45, 2.75) is 25.2 Å². The zero-order chi connectivity index (χ0) is 9.00. The van der Waals surface area contributed by atoms with Crippen molar-refractivity contribution < 1.29 is 9.90 Å². The highest BCUT2D eigenvalue weighted by molar-refractivity contribution is 5.87. The highest BCUT2D eigenvalue weighted by Gasteiger charge is 2.42. The Morgan fingerprint density at radius 2 is 2.38 bits per heavy atom. The van der Waals surface area contributed by atoms with Gasteiger partial charge in [-0.25, -0.2) is 4.79 Å². The van der Waals surface area contributed by atoms with E-state index in [0.717, 1.165) is 17.7 Å². The number of aromatic amines is 1. The molecule has 68 valence electrons. The average Bonchev–Trinajstić information content (AvgIpc) is 2.50. The van der Waals surface area contributed by atoms with E-state index in [0.29, 0.717) is 11.8 Å². The van der Waals surface area contributed by atoms with Crippen LogP contribution in [0.1, 0.15) is 40.5 Å². The summed E-state index contributed by atoms with van der Waals surface area (Å²) < 4.78 is 0. The van der Waals surface area contributed by atoms with Crippen LogP contribution in [0.4, 0.5) is 0 Å². The zero-order valence-corrected chi connectivity index (χ0v) is 7.08. The minimum atomic E-state index is -0.904. The second kappa shape index (κ2) is 2.13. The number of hydrogen-bond acceptors (Lipinski definition) is 2. The Hall–Kier alpha value is -1.32. The van der Waals surface area contributed by atoms with Gasteiger partial charge in [0.25, 0.3) is 0 Å². The number of carbonyl (C=O) groups is 1. The summed E-state index contributed by atoms with van der Waals surface area (Å²) in [6.07, 6.45) is 3.35. The minimum Gasteiger partial charge on any atom is -0.476 e. The summed E-state index contributed by atoms with van der Waals surface area (Å²) in [5.41, 5.74) is 2.29. The Kier molecular flexibility index (Phi) is 1.17. The van der Waals surface area contributed by atoms with Crippen molar-refractivity contribution in [2.75, 3.05) is 0 Å². The minimum absolute atomic E-state index is 0.240. The molecular weight excluding hydrogens is 168 g/mol. The highest BCUT2D eigenvalue weighted by atomic mass is 16.4. The molecule has 0 radical (unpaired) electrons. The van der Waals surface area contributed by atoms with Gasteiger partial charge in [0.05, 0.1) is 0 Å². The molecule has 0 bridgehead atoms. The summed E-state index contributed by atoms with van der Waals surface area (Å²) in [6, 6.07) is 0. The van der Waals surface area contributed by atoms with Gasteiger partial charge in [0.2, 0.25) is 0 Å². The van der Waals surface area contributed by atoms with Crippen molar-refractivity contribution >= 4 is 5.97 Å². The lowest BCUT2D eigenvalue weighted by Gasteiger charge is -2.29. The number of fused-ring (bicyclic) bond motifs is 3. The normalized spacial score (nSPS) is 29.2. The fraction of sp³-hybridized carbons (Fsp3) is 0.556. The second-order valence-corrected chi connectivity index (χ2v) is 3.92. The molecule has 1 aromatic heterocycles. The number of carboxylic acids is 1. The molecule has 4 heteroatoms. The van der Waals surface area contributed by atoms with Crippen LogP contribution in [0.5, 0.6) is 0 Å². The monoisotopic (exact) mass is 178 g/mol. The van der Waals surface area contributed by atoms with E-state index in [2.05, 4.69) is 10.2 Å². The highest BCUT2D eigenvalue weighted by Crippen LogP contribution is 2.50. The Labute approximate surface area is 75.0 Å². The maximum Gasteiger partial charge on any atom is 0.356 e. The Morgan fingerprint density at radius 1 is 1.54 bits per heavy atom. The van der Waals surface area contributed by atoms with E-state index in [1.165, 1.54) is 12.8 Å². The average molecular weight is 178 g/mol. The Bertz CT molecular complexity index is 383. The molecule has 0 spiro atoms. The third-order valence-electron chi connectivity index (χ3n) is 3.36. The number of nitrogens with zero attached hydrogens (tertiary/aromatic N) is 1. The van der Waals surface area contributed by atoms with Crippen LogP contribution in [-0.2, 0) is 6.42 Å². The van der Waals surface area contributed by atoms with E-state index in [1.807, 2.05) is 0 Å². The quantitative estimate of drug-likeness (QED) is 0.678. The van der Waals surface area contributed by atoms with Crippen molar-refractivity contribution in [2.24, 2.45) is 5.92 Å². The van der Waals surface area contributed by atoms with Gasteiger partial charge >= 0.3 is 5.97 Å². The van der Waals surface area contributed by atoms with Crippen molar-refractivity contribution in [3.05, 3.63) is 17.0 Å². The first-order chi connectivity index (χ1) is 6.27. The van der Waals surface area contributed by atoms with Crippen LogP contribution >= 0.6 is 0 Å². The van der Waals surface area contributed by atoms with E-state index in [9.17, 15) is 4.79 Å². The topological polar surface area (TPSA) is 66.0 Å². The molecule has 0 unspecified atom stereocenters. The Balaban J connectivity index is 2.09. The lowest BCUT2D eigenvalue weighted by atomic mass is 9.75. The van der Waals surface area contributed by atoms with Gasteiger partial charge < -0.3 is 5.11 Å². The standard InChI is InChI=1S/C9H10N2O2/c12-9(13)8-6-3-4-1-2-5(4)7(6)10-11-8/h4-5H,1-3H2,(H,10,11)(H,12,13)/t4-,5-/m1/s1. The van der Waals surface area contributed by atoms with Crippen LogP contribution in [0.2, 0.25) is 0 Å². The van der Waals surface area contributed by atoms with Crippen LogP contribution in [0.3, 0.4) is 0 Å². The molecule has 1 fully saturated rings. The van der Waals surface area contributed by atoms with E-state index in [4.69, 9.17) is 5.11 Å². The van der Waals surface area contributed by atoms with Gasteiger partial charge in [-0.15, -0.1) is 0 Å². The number of aromatic nitrogens is 2. The molecule has 2 aliphatic rings. The number of H-pyrrole nitrogens is 1. The van der Waals surface area contributed by atoms with Gasteiger partial charge in [-0.05, 0) is 25.2 Å². The molecule has 4 nitrogen and oxygen atoms in total. The molecule has 0 saturated heterocycles. The lowest BCUT2D eigenvalue weighted by molar-refractivity contribution is 0.0689. The van der Waals surface area contributed by atoms with Gasteiger partial charge in [-0.3, -0.25) is 5.10 Å². The number of rotatable bonds is 1. The second-order valence-electron chi connectivity index (χ2n) is 3.92. The van der Waals surface area contributed by atoms with Crippen molar-refractivity contribution in [1.29, 1.82) is 0 Å². The largest absolute Gasteiger partial charge is 0.476 e. The molecule has 1 aromatic rings. The summed E-state index contributed by atoms with van der Waals surface area (Å²) in [5, 5.41) is 15.5. The van der Waals surface area contributed by atoms with Gasteiger partial charge in [0.1, 0.15) is 0 Å². The third-order valence-corrected chi connectivity index (χ3v) is 3.36. The van der Waals surface area contributed by atoms with E-state index >= 15 is 0 Å². The van der Waals surface area contributed by atoms with E-state index in [-0.39, 0.29) is 5.69 Å². The molecule has 0 aromatic carbocycles. The number of aromatic carboxylic acids is 1. The number of nitrogens with one attached hydrogen (secondary N) is 1. The fourth-order valence-electron chi connectivity index (χ4n) is 2.52. The molecule has 0 aliphatic heterocycles. The molecule has 2 atom stereocenters. The summed E-state index contributed by atoms with van der Waals surface area (Å²) in [7, 11) is 0.